The average molecular weight is 279 g/mol. The smallest absolute Gasteiger partial charge is 0.124 e. The van der Waals surface area contributed by atoms with E-state index in [1.807, 2.05) is 12.1 Å². The molecule has 1 aliphatic rings. The number of hydrogen-bond donors (Lipinski definition) is 2. The molecule has 1 fully saturated rings. The van der Waals surface area contributed by atoms with E-state index in [0.29, 0.717) is 17.9 Å². The van der Waals surface area contributed by atoms with Crippen molar-refractivity contribution in [3.05, 3.63) is 23.8 Å². The largest absolute Gasteiger partial charge is 0.507 e. The summed E-state index contributed by atoms with van der Waals surface area (Å²) in [5.74, 6) is 0.937. The Morgan fingerprint density at radius 2 is 2.05 bits per heavy atom. The summed E-state index contributed by atoms with van der Waals surface area (Å²) < 4.78 is 10.6. The van der Waals surface area contributed by atoms with E-state index in [4.69, 9.17) is 9.47 Å². The van der Waals surface area contributed by atoms with Crippen LogP contribution in [0.1, 0.15) is 38.8 Å². The Hall–Kier alpha value is -1.26. The fourth-order valence-corrected chi connectivity index (χ4v) is 2.98. The minimum Gasteiger partial charge on any atom is -0.507 e. The van der Waals surface area contributed by atoms with Gasteiger partial charge in [-0.2, -0.15) is 0 Å². The fourth-order valence-electron chi connectivity index (χ4n) is 2.98. The zero-order chi connectivity index (χ0) is 14.9. The highest BCUT2D eigenvalue weighted by Gasteiger charge is 2.48. The van der Waals surface area contributed by atoms with Gasteiger partial charge in [0, 0.05) is 36.2 Å². The van der Waals surface area contributed by atoms with Gasteiger partial charge in [0.15, 0.2) is 0 Å². The standard InChI is InChI=1S/C16H25NO3/c1-10(12-7-6-11(19-4)8-13(12)18)17-14-9-15(20-5)16(14,2)3/h6-8,10,14-15,17-18H,9H2,1-5H3. The molecular weight excluding hydrogens is 254 g/mol. The highest BCUT2D eigenvalue weighted by molar-refractivity contribution is 5.41. The van der Waals surface area contributed by atoms with E-state index in [-0.39, 0.29) is 17.2 Å². The lowest BCUT2D eigenvalue weighted by Crippen LogP contribution is -2.60. The first-order chi connectivity index (χ1) is 9.40. The minimum atomic E-state index is 0.0861. The summed E-state index contributed by atoms with van der Waals surface area (Å²) in [5.41, 5.74) is 1.01. The molecule has 4 heteroatoms. The van der Waals surface area contributed by atoms with Gasteiger partial charge in [0.1, 0.15) is 11.5 Å². The summed E-state index contributed by atoms with van der Waals surface area (Å²) in [4.78, 5) is 0. The average Bonchev–Trinajstić information content (AvgIpc) is 2.42. The lowest BCUT2D eigenvalue weighted by Gasteiger charge is -2.52. The summed E-state index contributed by atoms with van der Waals surface area (Å²) in [6.45, 7) is 6.49. The molecule has 1 aromatic rings. The summed E-state index contributed by atoms with van der Waals surface area (Å²) >= 11 is 0. The van der Waals surface area contributed by atoms with E-state index in [1.54, 1.807) is 20.3 Å². The zero-order valence-electron chi connectivity index (χ0n) is 12.9. The Labute approximate surface area is 121 Å². The molecule has 2 N–H and O–H groups in total. The van der Waals surface area contributed by atoms with Crippen LogP contribution >= 0.6 is 0 Å². The molecule has 1 aliphatic carbocycles. The summed E-state index contributed by atoms with van der Waals surface area (Å²) in [6.07, 6.45) is 1.31. The van der Waals surface area contributed by atoms with Gasteiger partial charge in [-0.1, -0.05) is 19.9 Å². The number of benzene rings is 1. The summed E-state index contributed by atoms with van der Waals surface area (Å²) in [7, 11) is 3.36. The summed E-state index contributed by atoms with van der Waals surface area (Å²) in [6, 6.07) is 5.91. The first-order valence-corrected chi connectivity index (χ1v) is 7.06. The van der Waals surface area contributed by atoms with Crippen molar-refractivity contribution in [3.63, 3.8) is 0 Å². The highest BCUT2D eigenvalue weighted by atomic mass is 16.5. The third-order valence-corrected chi connectivity index (χ3v) is 4.62. The van der Waals surface area contributed by atoms with Crippen LogP contribution < -0.4 is 10.1 Å². The van der Waals surface area contributed by atoms with Gasteiger partial charge in [0.25, 0.3) is 0 Å². The topological polar surface area (TPSA) is 50.7 Å². The predicted molar refractivity (Wildman–Crippen MR) is 79.2 cm³/mol. The maximum Gasteiger partial charge on any atom is 0.124 e. The Balaban J connectivity index is 2.04. The minimum absolute atomic E-state index is 0.0861. The second-order valence-corrected chi connectivity index (χ2v) is 6.15. The molecule has 0 saturated heterocycles. The number of rotatable bonds is 5. The van der Waals surface area contributed by atoms with Crippen LogP contribution in [-0.4, -0.2) is 31.5 Å². The van der Waals surface area contributed by atoms with Crippen molar-refractivity contribution in [3.8, 4) is 11.5 Å². The molecule has 3 atom stereocenters. The molecule has 20 heavy (non-hydrogen) atoms. The lowest BCUT2D eigenvalue weighted by atomic mass is 9.64. The van der Waals surface area contributed by atoms with Crippen LogP contribution in [0.5, 0.6) is 11.5 Å². The molecule has 1 aromatic carbocycles. The van der Waals surface area contributed by atoms with Gasteiger partial charge in [-0.05, 0) is 19.4 Å². The molecule has 4 nitrogen and oxygen atoms in total. The molecule has 1 saturated carbocycles. The number of methoxy groups -OCH3 is 2. The molecule has 2 rings (SSSR count). The van der Waals surface area contributed by atoms with E-state index in [9.17, 15) is 5.11 Å². The Morgan fingerprint density at radius 3 is 2.55 bits per heavy atom. The zero-order valence-corrected chi connectivity index (χ0v) is 12.9. The number of phenolic OH excluding ortho intramolecular Hbond substituents is 1. The lowest BCUT2D eigenvalue weighted by molar-refractivity contribution is -0.0999. The van der Waals surface area contributed by atoms with Gasteiger partial charge < -0.3 is 19.9 Å². The van der Waals surface area contributed by atoms with Crippen LogP contribution in [0.2, 0.25) is 0 Å². The van der Waals surface area contributed by atoms with E-state index >= 15 is 0 Å². The third-order valence-electron chi connectivity index (χ3n) is 4.62. The van der Waals surface area contributed by atoms with Crippen LogP contribution in [0.15, 0.2) is 18.2 Å². The maximum absolute atomic E-state index is 10.1. The van der Waals surface area contributed by atoms with Crippen molar-refractivity contribution in [1.29, 1.82) is 0 Å². The molecule has 0 spiro atoms. The fraction of sp³-hybridized carbons (Fsp3) is 0.625. The van der Waals surface area contributed by atoms with Crippen LogP contribution in [0.25, 0.3) is 0 Å². The van der Waals surface area contributed by atoms with Gasteiger partial charge in [0.05, 0.1) is 13.2 Å². The van der Waals surface area contributed by atoms with Crippen LogP contribution in [0, 0.1) is 5.41 Å². The van der Waals surface area contributed by atoms with Gasteiger partial charge in [-0.15, -0.1) is 0 Å². The van der Waals surface area contributed by atoms with Gasteiger partial charge in [-0.3, -0.25) is 0 Å². The third kappa shape index (κ3) is 2.63. The van der Waals surface area contributed by atoms with E-state index < -0.39 is 0 Å². The van der Waals surface area contributed by atoms with Crippen molar-refractivity contribution in [1.82, 2.24) is 5.32 Å². The van der Waals surface area contributed by atoms with Crippen LogP contribution in [-0.2, 0) is 4.74 Å². The van der Waals surface area contributed by atoms with Gasteiger partial charge >= 0.3 is 0 Å². The molecule has 0 radical (unpaired) electrons. The monoisotopic (exact) mass is 279 g/mol. The molecule has 0 heterocycles. The van der Waals surface area contributed by atoms with Crippen LogP contribution in [0.4, 0.5) is 0 Å². The number of aromatic hydroxyl groups is 1. The quantitative estimate of drug-likeness (QED) is 0.870. The van der Waals surface area contributed by atoms with E-state index in [0.717, 1.165) is 12.0 Å². The second-order valence-electron chi connectivity index (χ2n) is 6.15. The Morgan fingerprint density at radius 1 is 1.35 bits per heavy atom. The number of ether oxygens (including phenoxy) is 2. The highest BCUT2D eigenvalue weighted by Crippen LogP contribution is 2.43. The van der Waals surface area contributed by atoms with Gasteiger partial charge in [0.2, 0.25) is 0 Å². The molecular formula is C16H25NO3. The van der Waals surface area contributed by atoms with Crippen LogP contribution in [0.3, 0.4) is 0 Å². The molecule has 0 aliphatic heterocycles. The molecule has 3 unspecified atom stereocenters. The Bertz CT molecular complexity index is 473. The van der Waals surface area contributed by atoms with Crippen molar-refractivity contribution < 1.29 is 14.6 Å². The van der Waals surface area contributed by atoms with Crippen molar-refractivity contribution >= 4 is 0 Å². The summed E-state index contributed by atoms with van der Waals surface area (Å²) in [5, 5.41) is 13.7. The Kier molecular flexibility index (Phi) is 4.25. The van der Waals surface area contributed by atoms with Gasteiger partial charge in [-0.25, -0.2) is 0 Å². The molecule has 0 amide bonds. The maximum atomic E-state index is 10.1. The van der Waals surface area contributed by atoms with Crippen molar-refractivity contribution in [2.45, 2.75) is 45.4 Å². The van der Waals surface area contributed by atoms with Crippen molar-refractivity contribution in [2.24, 2.45) is 5.41 Å². The predicted octanol–water partition coefficient (Wildman–Crippen LogP) is 2.86. The van der Waals surface area contributed by atoms with E-state index in [1.165, 1.54) is 0 Å². The molecule has 0 bridgehead atoms. The number of phenols is 1. The first kappa shape index (κ1) is 15.1. The SMILES string of the molecule is COc1ccc(C(C)NC2CC(OC)C2(C)C)c(O)c1. The number of hydrogen-bond acceptors (Lipinski definition) is 4. The molecule has 0 aromatic heterocycles. The normalized spacial score (nSPS) is 25.9. The van der Waals surface area contributed by atoms with Crippen molar-refractivity contribution in [2.75, 3.05) is 14.2 Å². The second kappa shape index (κ2) is 5.62. The first-order valence-electron chi connectivity index (χ1n) is 7.06. The molecule has 112 valence electrons. The number of nitrogens with one attached hydrogen (secondary N) is 1. The van der Waals surface area contributed by atoms with E-state index in [2.05, 4.69) is 26.1 Å².